The van der Waals surface area contributed by atoms with Crippen LogP contribution in [0.25, 0.3) is 0 Å². The first-order valence-corrected chi connectivity index (χ1v) is 6.81. The van der Waals surface area contributed by atoms with Crippen LogP contribution >= 0.6 is 0 Å². The molecule has 21 heavy (non-hydrogen) atoms. The molecule has 3 rings (SSSR count). The predicted octanol–water partition coefficient (Wildman–Crippen LogP) is 3.76. The molecule has 0 fully saturated rings. The average molecular weight is 290 g/mol. The third-order valence-corrected chi connectivity index (χ3v) is 3.68. The fourth-order valence-electron chi connectivity index (χ4n) is 2.74. The van der Waals surface area contributed by atoms with E-state index in [-0.39, 0.29) is 11.2 Å². The number of aliphatic hydroxyl groups excluding tert-OH is 1. The van der Waals surface area contributed by atoms with Crippen LogP contribution in [0.2, 0.25) is 0 Å². The van der Waals surface area contributed by atoms with E-state index in [0.717, 1.165) is 23.4 Å². The van der Waals surface area contributed by atoms with Gasteiger partial charge >= 0.3 is 0 Å². The number of halogens is 2. The first-order chi connectivity index (χ1) is 9.87. The molecule has 110 valence electrons. The van der Waals surface area contributed by atoms with Crippen molar-refractivity contribution in [2.45, 2.75) is 32.0 Å². The van der Waals surface area contributed by atoms with Gasteiger partial charge in [-0.05, 0) is 49.2 Å². The molecule has 2 aromatic rings. The summed E-state index contributed by atoms with van der Waals surface area (Å²) in [4.78, 5) is 0. The molecule has 2 aromatic carbocycles. The van der Waals surface area contributed by atoms with Crippen LogP contribution < -0.4 is 4.74 Å². The summed E-state index contributed by atoms with van der Waals surface area (Å²) in [5.74, 6) is -0.746. The minimum Gasteiger partial charge on any atom is -0.487 e. The Kier molecular flexibility index (Phi) is 3.21. The number of benzene rings is 2. The van der Waals surface area contributed by atoms with Crippen LogP contribution in [-0.2, 0) is 6.42 Å². The molecule has 0 spiro atoms. The number of ether oxygens (including phenoxy) is 1. The third kappa shape index (κ3) is 2.51. The van der Waals surface area contributed by atoms with Crippen molar-refractivity contribution in [1.29, 1.82) is 0 Å². The fourth-order valence-corrected chi connectivity index (χ4v) is 2.74. The van der Waals surface area contributed by atoms with Gasteiger partial charge in [-0.3, -0.25) is 0 Å². The number of hydrogen-bond acceptors (Lipinski definition) is 2. The van der Waals surface area contributed by atoms with E-state index in [1.54, 1.807) is 18.2 Å². The monoisotopic (exact) mass is 290 g/mol. The van der Waals surface area contributed by atoms with Crippen molar-refractivity contribution >= 4 is 0 Å². The van der Waals surface area contributed by atoms with E-state index in [0.29, 0.717) is 12.0 Å². The first-order valence-electron chi connectivity index (χ1n) is 6.81. The highest BCUT2D eigenvalue weighted by molar-refractivity contribution is 5.44. The smallest absolute Gasteiger partial charge is 0.132 e. The number of rotatable bonds is 2. The van der Waals surface area contributed by atoms with Gasteiger partial charge in [0.25, 0.3) is 0 Å². The Hall–Kier alpha value is -1.94. The SMILES string of the molecule is CC1(C)Cc2cc(C(O)c3c(F)cccc3F)ccc2O1. The second kappa shape index (κ2) is 4.81. The van der Waals surface area contributed by atoms with E-state index in [1.807, 2.05) is 13.8 Å². The molecule has 0 aromatic heterocycles. The molecule has 0 saturated carbocycles. The van der Waals surface area contributed by atoms with Gasteiger partial charge in [-0.15, -0.1) is 0 Å². The van der Waals surface area contributed by atoms with Crippen molar-refractivity contribution in [1.82, 2.24) is 0 Å². The molecule has 0 saturated heterocycles. The predicted molar refractivity (Wildman–Crippen MR) is 75.3 cm³/mol. The van der Waals surface area contributed by atoms with E-state index in [2.05, 4.69) is 0 Å². The maximum Gasteiger partial charge on any atom is 0.132 e. The summed E-state index contributed by atoms with van der Waals surface area (Å²) in [6.07, 6.45) is -0.636. The molecule has 1 N–H and O–H groups in total. The summed E-state index contributed by atoms with van der Waals surface area (Å²) in [5.41, 5.74) is 0.776. The van der Waals surface area contributed by atoms with Gasteiger partial charge in [-0.25, -0.2) is 8.78 Å². The summed E-state index contributed by atoms with van der Waals surface area (Å²) in [7, 11) is 0. The second-order valence-corrected chi connectivity index (χ2v) is 5.94. The fraction of sp³-hybridized carbons (Fsp3) is 0.294. The zero-order valence-electron chi connectivity index (χ0n) is 11.9. The lowest BCUT2D eigenvalue weighted by molar-refractivity contribution is 0.138. The first kappa shape index (κ1) is 14.0. The third-order valence-electron chi connectivity index (χ3n) is 3.68. The van der Waals surface area contributed by atoms with Gasteiger partial charge in [0.05, 0.1) is 5.56 Å². The van der Waals surface area contributed by atoms with Crippen LogP contribution in [0, 0.1) is 11.6 Å². The van der Waals surface area contributed by atoms with E-state index < -0.39 is 17.7 Å². The van der Waals surface area contributed by atoms with Crippen LogP contribution in [0.4, 0.5) is 8.78 Å². The highest BCUT2D eigenvalue weighted by Crippen LogP contribution is 2.37. The van der Waals surface area contributed by atoms with Gasteiger partial charge in [0, 0.05) is 6.42 Å². The topological polar surface area (TPSA) is 29.5 Å². The Labute approximate surface area is 122 Å². The Morgan fingerprint density at radius 2 is 1.81 bits per heavy atom. The van der Waals surface area contributed by atoms with Crippen molar-refractivity contribution in [2.75, 3.05) is 0 Å². The van der Waals surface area contributed by atoms with E-state index in [4.69, 9.17) is 4.74 Å². The van der Waals surface area contributed by atoms with Gasteiger partial charge in [-0.1, -0.05) is 12.1 Å². The lowest BCUT2D eigenvalue weighted by atomic mass is 9.95. The molecule has 4 heteroatoms. The minimum atomic E-state index is -1.33. The number of aliphatic hydroxyl groups is 1. The van der Waals surface area contributed by atoms with Crippen molar-refractivity contribution in [3.63, 3.8) is 0 Å². The molecule has 1 unspecified atom stereocenters. The number of fused-ring (bicyclic) bond motifs is 1. The molecule has 0 radical (unpaired) electrons. The average Bonchev–Trinajstić information content (AvgIpc) is 2.70. The Morgan fingerprint density at radius 1 is 1.14 bits per heavy atom. The maximum atomic E-state index is 13.8. The largest absolute Gasteiger partial charge is 0.487 e. The van der Waals surface area contributed by atoms with Gasteiger partial charge in [0.15, 0.2) is 0 Å². The molecule has 0 amide bonds. The summed E-state index contributed by atoms with van der Waals surface area (Å²) in [6, 6.07) is 8.68. The van der Waals surface area contributed by atoms with E-state index >= 15 is 0 Å². The molecule has 1 aliphatic heterocycles. The molecular formula is C17H16F2O2. The Balaban J connectivity index is 1.99. The van der Waals surface area contributed by atoms with Crippen molar-refractivity contribution < 1.29 is 18.6 Å². The van der Waals surface area contributed by atoms with E-state index in [9.17, 15) is 13.9 Å². The van der Waals surface area contributed by atoms with Crippen molar-refractivity contribution in [3.8, 4) is 5.75 Å². The highest BCUT2D eigenvalue weighted by atomic mass is 19.1. The minimum absolute atomic E-state index is 0.296. The van der Waals surface area contributed by atoms with Gasteiger partial charge in [0.1, 0.15) is 29.1 Å². The van der Waals surface area contributed by atoms with Gasteiger partial charge in [0.2, 0.25) is 0 Å². The zero-order chi connectivity index (χ0) is 15.2. The Morgan fingerprint density at radius 3 is 2.48 bits per heavy atom. The van der Waals surface area contributed by atoms with E-state index in [1.165, 1.54) is 6.07 Å². The summed E-state index contributed by atoms with van der Waals surface area (Å²) < 4.78 is 33.3. The van der Waals surface area contributed by atoms with Crippen LogP contribution in [0.3, 0.4) is 0 Å². The summed E-state index contributed by atoms with van der Waals surface area (Å²) >= 11 is 0. The molecule has 1 atom stereocenters. The normalized spacial score (nSPS) is 17.2. The lowest BCUT2D eigenvalue weighted by Crippen LogP contribution is -2.24. The quantitative estimate of drug-likeness (QED) is 0.912. The summed E-state index contributed by atoms with van der Waals surface area (Å²) in [5, 5.41) is 10.3. The zero-order valence-corrected chi connectivity index (χ0v) is 11.9. The summed E-state index contributed by atoms with van der Waals surface area (Å²) in [6.45, 7) is 3.94. The standard InChI is InChI=1S/C17H16F2O2/c1-17(2)9-11-8-10(6-7-14(11)21-17)16(20)15-12(18)4-3-5-13(15)19/h3-8,16,20H,9H2,1-2H3. The molecule has 0 bridgehead atoms. The molecule has 1 aliphatic rings. The number of hydrogen-bond donors (Lipinski definition) is 1. The highest BCUT2D eigenvalue weighted by Gasteiger charge is 2.31. The van der Waals surface area contributed by atoms with Crippen LogP contribution in [0.1, 0.15) is 36.6 Å². The second-order valence-electron chi connectivity index (χ2n) is 5.94. The molecule has 2 nitrogen and oxygen atoms in total. The maximum absolute atomic E-state index is 13.8. The van der Waals surface area contributed by atoms with Crippen molar-refractivity contribution in [2.24, 2.45) is 0 Å². The molecular weight excluding hydrogens is 274 g/mol. The Bertz CT molecular complexity index is 675. The van der Waals surface area contributed by atoms with Crippen LogP contribution in [-0.4, -0.2) is 10.7 Å². The van der Waals surface area contributed by atoms with Crippen LogP contribution in [0.5, 0.6) is 5.75 Å². The van der Waals surface area contributed by atoms with Crippen LogP contribution in [0.15, 0.2) is 36.4 Å². The van der Waals surface area contributed by atoms with Crippen molar-refractivity contribution in [3.05, 3.63) is 64.7 Å². The lowest BCUT2D eigenvalue weighted by Gasteiger charge is -2.16. The molecule has 1 heterocycles. The molecule has 0 aliphatic carbocycles. The van der Waals surface area contributed by atoms with Gasteiger partial charge < -0.3 is 9.84 Å². The van der Waals surface area contributed by atoms with Gasteiger partial charge in [-0.2, -0.15) is 0 Å².